The van der Waals surface area contributed by atoms with Crippen LogP contribution in [0.5, 0.6) is 5.88 Å². The second-order valence-corrected chi connectivity index (χ2v) is 9.24. The topological polar surface area (TPSA) is 106 Å². The fourth-order valence-corrected chi connectivity index (χ4v) is 4.66. The Labute approximate surface area is 211 Å². The number of carboxylic acids is 1. The second-order valence-electron chi connectivity index (χ2n) is 8.80. The van der Waals surface area contributed by atoms with Crippen molar-refractivity contribution in [2.75, 3.05) is 13.1 Å². The number of fused-ring (bicyclic) bond motifs is 1. The van der Waals surface area contributed by atoms with Crippen LogP contribution < -0.4 is 4.74 Å². The zero-order valence-electron chi connectivity index (χ0n) is 19.6. The molecule has 0 amide bonds. The molecule has 0 unspecified atom stereocenters. The summed E-state index contributed by atoms with van der Waals surface area (Å²) in [7, 11) is 1.83. The Morgan fingerprint density at radius 2 is 1.97 bits per heavy atom. The van der Waals surface area contributed by atoms with Gasteiger partial charge in [-0.05, 0) is 44.1 Å². The number of benzene rings is 1. The number of carbonyl (C=O) groups is 1. The first kappa shape index (κ1) is 24.1. The maximum Gasteiger partial charge on any atom is 0.354 e. The number of hydrogen-bond donors (Lipinski definition) is 1. The van der Waals surface area contributed by atoms with Gasteiger partial charge in [0.05, 0.1) is 17.5 Å². The maximum atomic E-state index is 14.1. The van der Waals surface area contributed by atoms with Gasteiger partial charge in [0.1, 0.15) is 23.6 Å². The highest BCUT2D eigenvalue weighted by molar-refractivity contribution is 6.30. The van der Waals surface area contributed by atoms with E-state index in [4.69, 9.17) is 16.3 Å². The normalized spacial score (nSPS) is 14.9. The molecule has 1 N–H and O–H groups in total. The second kappa shape index (κ2) is 10.2. The number of rotatable bonds is 7. The largest absolute Gasteiger partial charge is 0.477 e. The Balaban J connectivity index is 1.27. The van der Waals surface area contributed by atoms with Crippen LogP contribution in [-0.2, 0) is 20.2 Å². The molecule has 0 atom stereocenters. The summed E-state index contributed by atoms with van der Waals surface area (Å²) in [6.07, 6.45) is 6.49. The van der Waals surface area contributed by atoms with Gasteiger partial charge in [-0.2, -0.15) is 0 Å². The molecular weight excluding hydrogens is 487 g/mol. The van der Waals surface area contributed by atoms with Crippen LogP contribution in [0, 0.1) is 5.82 Å². The third-order valence-corrected chi connectivity index (χ3v) is 6.66. The molecule has 4 aromatic rings. The Bertz CT molecular complexity index is 1420. The number of piperidine rings is 1. The van der Waals surface area contributed by atoms with Gasteiger partial charge in [0.25, 0.3) is 0 Å². The number of ether oxygens (including phenoxy) is 1. The van der Waals surface area contributed by atoms with Crippen molar-refractivity contribution >= 4 is 28.6 Å². The monoisotopic (exact) mass is 510 g/mol. The lowest BCUT2D eigenvalue weighted by Crippen LogP contribution is -2.33. The fraction of sp³-hybridized carbons (Fsp3) is 0.320. The molecule has 1 aromatic carbocycles. The van der Waals surface area contributed by atoms with Crippen molar-refractivity contribution in [3.05, 3.63) is 76.5 Å². The van der Waals surface area contributed by atoms with Crippen LogP contribution in [0.2, 0.25) is 5.02 Å². The molecule has 36 heavy (non-hydrogen) atoms. The molecule has 5 rings (SSSR count). The van der Waals surface area contributed by atoms with Crippen LogP contribution in [0.15, 0.2) is 43.0 Å². The molecule has 0 radical (unpaired) electrons. The molecule has 0 bridgehead atoms. The number of pyridine rings is 1. The van der Waals surface area contributed by atoms with E-state index in [0.717, 1.165) is 37.1 Å². The highest BCUT2D eigenvalue weighted by atomic mass is 35.5. The average molecular weight is 511 g/mol. The molecule has 186 valence electrons. The van der Waals surface area contributed by atoms with Crippen LogP contribution in [0.3, 0.4) is 0 Å². The Kier molecular flexibility index (Phi) is 6.80. The van der Waals surface area contributed by atoms with Gasteiger partial charge in [0.15, 0.2) is 5.69 Å². The van der Waals surface area contributed by atoms with Crippen LogP contribution in [0.4, 0.5) is 4.39 Å². The first-order chi connectivity index (χ1) is 17.4. The lowest BCUT2D eigenvalue weighted by Gasteiger charge is -2.31. The minimum absolute atomic E-state index is 0.00876. The molecule has 1 fully saturated rings. The third-order valence-electron chi connectivity index (χ3n) is 6.42. The van der Waals surface area contributed by atoms with Gasteiger partial charge < -0.3 is 14.4 Å². The molecule has 0 saturated carbocycles. The zero-order valence-corrected chi connectivity index (χ0v) is 20.3. The van der Waals surface area contributed by atoms with Crippen molar-refractivity contribution in [2.24, 2.45) is 7.05 Å². The molecule has 9 nitrogen and oxygen atoms in total. The Morgan fingerprint density at radius 1 is 1.19 bits per heavy atom. The van der Waals surface area contributed by atoms with Crippen molar-refractivity contribution in [1.82, 2.24) is 29.4 Å². The van der Waals surface area contributed by atoms with Crippen LogP contribution in [0.25, 0.3) is 11.0 Å². The number of hydrogen-bond acceptors (Lipinski definition) is 7. The van der Waals surface area contributed by atoms with E-state index in [-0.39, 0.29) is 18.2 Å². The van der Waals surface area contributed by atoms with E-state index < -0.39 is 11.8 Å². The van der Waals surface area contributed by atoms with E-state index in [2.05, 4.69) is 24.8 Å². The molecule has 1 aliphatic heterocycles. The summed E-state index contributed by atoms with van der Waals surface area (Å²) in [5.41, 5.74) is 3.26. The van der Waals surface area contributed by atoms with E-state index in [0.29, 0.717) is 34.2 Å². The maximum absolute atomic E-state index is 14.1. The molecule has 3 aromatic heterocycles. The van der Waals surface area contributed by atoms with E-state index >= 15 is 0 Å². The Hall–Kier alpha value is -3.63. The number of aryl methyl sites for hydroxylation is 1. The van der Waals surface area contributed by atoms with Crippen LogP contribution in [-0.4, -0.2) is 53.6 Å². The molecule has 0 spiro atoms. The molecule has 11 heteroatoms. The highest BCUT2D eigenvalue weighted by Gasteiger charge is 2.26. The summed E-state index contributed by atoms with van der Waals surface area (Å²) in [5, 5.41) is 9.81. The predicted octanol–water partition coefficient (Wildman–Crippen LogP) is 4.21. The summed E-state index contributed by atoms with van der Waals surface area (Å²) >= 11 is 5.83. The number of aromatic nitrogens is 5. The predicted molar refractivity (Wildman–Crippen MR) is 130 cm³/mol. The molecule has 1 aliphatic rings. The fourth-order valence-electron chi connectivity index (χ4n) is 4.50. The molecule has 0 aliphatic carbocycles. The summed E-state index contributed by atoms with van der Waals surface area (Å²) in [4.78, 5) is 31.5. The van der Waals surface area contributed by atoms with Gasteiger partial charge in [-0.3, -0.25) is 9.88 Å². The minimum Gasteiger partial charge on any atom is -0.477 e. The van der Waals surface area contributed by atoms with Gasteiger partial charge in [-0.15, -0.1) is 0 Å². The van der Waals surface area contributed by atoms with E-state index in [1.807, 2.05) is 7.05 Å². The smallest absolute Gasteiger partial charge is 0.354 e. The minimum atomic E-state index is -1.06. The Morgan fingerprint density at radius 3 is 2.72 bits per heavy atom. The summed E-state index contributed by atoms with van der Waals surface area (Å²) in [6.45, 7) is 2.06. The standard InChI is InChI=1S/C25H24ClFN6O3/c1-32-14-30-23-20(31-19(25(34)35)11-21(23)32)12-33-8-4-15(5-9-33)22-24(29-7-6-28-22)36-13-16-2-3-17(26)10-18(16)27/h2-3,6-7,10-11,14-15H,4-5,8-9,12-13H2,1H3,(H,34,35). The van der Waals surface area contributed by atoms with Gasteiger partial charge >= 0.3 is 5.97 Å². The quantitative estimate of drug-likeness (QED) is 0.394. The van der Waals surface area contributed by atoms with Gasteiger partial charge in [-0.25, -0.2) is 24.1 Å². The van der Waals surface area contributed by atoms with Crippen molar-refractivity contribution in [1.29, 1.82) is 0 Å². The lowest BCUT2D eigenvalue weighted by atomic mass is 9.93. The van der Waals surface area contributed by atoms with E-state index in [9.17, 15) is 14.3 Å². The summed E-state index contributed by atoms with van der Waals surface area (Å²) < 4.78 is 21.8. The van der Waals surface area contributed by atoms with Crippen molar-refractivity contribution in [3.8, 4) is 5.88 Å². The zero-order chi connectivity index (χ0) is 25.2. The lowest BCUT2D eigenvalue weighted by molar-refractivity contribution is 0.0690. The summed E-state index contributed by atoms with van der Waals surface area (Å²) in [6, 6.07) is 6.02. The van der Waals surface area contributed by atoms with E-state index in [1.54, 1.807) is 41.5 Å². The number of aromatic carboxylic acids is 1. The number of likely N-dealkylation sites (tertiary alicyclic amines) is 1. The van der Waals surface area contributed by atoms with Gasteiger partial charge in [0.2, 0.25) is 5.88 Å². The molecule has 4 heterocycles. The number of carboxylic acid groups (broad SMARTS) is 1. The number of nitrogens with zero attached hydrogens (tertiary/aromatic N) is 6. The number of imidazole rings is 1. The first-order valence-corrected chi connectivity index (χ1v) is 11.9. The van der Waals surface area contributed by atoms with Crippen molar-refractivity contribution in [2.45, 2.75) is 31.9 Å². The summed E-state index contributed by atoms with van der Waals surface area (Å²) in [5.74, 6) is -0.958. The van der Waals surface area contributed by atoms with Gasteiger partial charge in [0, 0.05) is 42.5 Å². The molecular formula is C25H24ClFN6O3. The average Bonchev–Trinajstić information content (AvgIpc) is 3.25. The van der Waals surface area contributed by atoms with Crippen LogP contribution >= 0.6 is 11.6 Å². The SMILES string of the molecule is Cn1cnc2c(CN3CCC(c4nccnc4OCc4ccc(Cl)cc4F)CC3)nc(C(=O)O)cc21. The number of halogens is 2. The van der Waals surface area contributed by atoms with Gasteiger partial charge in [-0.1, -0.05) is 17.7 Å². The van der Waals surface area contributed by atoms with Crippen molar-refractivity contribution < 1.29 is 19.0 Å². The first-order valence-electron chi connectivity index (χ1n) is 11.5. The third kappa shape index (κ3) is 5.00. The van der Waals surface area contributed by atoms with Crippen LogP contribution in [0.1, 0.15) is 46.2 Å². The highest BCUT2D eigenvalue weighted by Crippen LogP contribution is 2.32. The van der Waals surface area contributed by atoms with Crippen molar-refractivity contribution in [3.63, 3.8) is 0 Å². The van der Waals surface area contributed by atoms with E-state index in [1.165, 1.54) is 6.07 Å². The molecule has 1 saturated heterocycles.